The molecule has 0 aliphatic carbocycles. The number of nitrogens with zero attached hydrogens (tertiary/aromatic N) is 4. The Morgan fingerprint density at radius 1 is 0.769 bits per heavy atom. The number of amides is 14. The highest BCUT2D eigenvalue weighted by Crippen LogP contribution is 2.31. The fraction of sp³-hybridized carbons (Fsp3) is 0.587. The smallest absolute Gasteiger partial charge is 0.329 e. The summed E-state index contributed by atoms with van der Waals surface area (Å²) in [5, 5.41) is 47.2. The van der Waals surface area contributed by atoms with Gasteiger partial charge in [0, 0.05) is 61.1 Å². The first-order valence-electron chi connectivity index (χ1n) is 38.2. The van der Waals surface area contributed by atoms with Crippen LogP contribution in [-0.2, 0) is 98.0 Å². The number of likely N-dealkylation sites (tertiary alicyclic amines) is 1. The van der Waals surface area contributed by atoms with Crippen LogP contribution < -0.4 is 70.4 Å². The standard InChI is InChI=1S/C75H109BrN18O22S/c1-12-75(9,10)59(91-67(107)58(74(6,7)8)90-66(106)51-22-17-31-94(51)71(111)56(89-60(100)38(4)82-36-95)57(99)40-23-25-42(76)26-24-40)68(108)84-46(32-41-34-81-44-19-14-13-18-43(41)44)62(102)83-45(20-15-29-80-73(78)79)61(101)86-48(35-117(113,114)115)63(103)88-55-39(5)116-72(112)47(33-53(97)98)85-65(105)50-21-16-30-93(50)70(110)54(37(2)3)87-64(104)49(27-28-52(77)96)92(11)69(55)109/h13-14,18-19,23-26,34,36-39,45-51,54-59,81,99H,12,15-17,20-22,27-33,35H2,1-11H3,(H2,77,96)(H,82,95)(H,83,102)(H,84,108)(H,85,105)(H,86,101)(H,87,104)(H,88,103)(H,89,100)(H,90,106)(H,91,107)(H,97,98)(H4,78,79,80)(H,113,114,115). The monoisotopic (exact) mass is 1720 g/mol. The van der Waals surface area contributed by atoms with Crippen LogP contribution in [0.3, 0.4) is 0 Å². The van der Waals surface area contributed by atoms with Gasteiger partial charge in [0.05, 0.1) is 6.42 Å². The molecule has 3 aromatic rings. The zero-order chi connectivity index (χ0) is 87.5. The van der Waals surface area contributed by atoms with E-state index in [0.717, 1.165) is 23.8 Å². The predicted molar refractivity (Wildman–Crippen MR) is 424 cm³/mol. The van der Waals surface area contributed by atoms with Crippen LogP contribution in [0.5, 0.6) is 0 Å². The van der Waals surface area contributed by atoms with E-state index >= 15 is 24.0 Å². The summed E-state index contributed by atoms with van der Waals surface area (Å²) in [6.45, 7) is 15.0. The molecule has 40 nitrogen and oxygen atoms in total. The molecule has 644 valence electrons. The van der Waals surface area contributed by atoms with E-state index in [1.807, 2.05) is 0 Å². The van der Waals surface area contributed by atoms with Crippen molar-refractivity contribution in [3.05, 3.63) is 70.3 Å². The van der Waals surface area contributed by atoms with E-state index in [1.165, 1.54) is 19.1 Å². The molecule has 20 N–H and O–H groups in total. The Labute approximate surface area is 684 Å². The number of carboxylic acid groups (broad SMARTS) is 1. The number of hydrogen-bond acceptors (Lipinski definition) is 21. The molecule has 0 bridgehead atoms. The number of fused-ring (bicyclic) bond motifs is 2. The molecule has 15 unspecified atom stereocenters. The molecule has 15 atom stereocenters. The van der Waals surface area contributed by atoms with Crippen LogP contribution in [0.4, 0.5) is 0 Å². The molecule has 2 aromatic carbocycles. The number of halogens is 1. The quantitative estimate of drug-likeness (QED) is 0.00710. The van der Waals surface area contributed by atoms with Gasteiger partial charge in [-0.3, -0.25) is 81.5 Å². The van der Waals surface area contributed by atoms with Crippen molar-refractivity contribution in [1.82, 2.24) is 72.9 Å². The number of H-pyrrole nitrogens is 1. The summed E-state index contributed by atoms with van der Waals surface area (Å²) < 4.78 is 42.8. The van der Waals surface area contributed by atoms with E-state index < -0.39 is 244 Å². The van der Waals surface area contributed by atoms with Gasteiger partial charge in [0.1, 0.15) is 96.5 Å². The Hall–Kier alpha value is -10.9. The number of aliphatic hydroxyl groups excluding tert-OH is 1. The molecule has 1 aromatic heterocycles. The summed E-state index contributed by atoms with van der Waals surface area (Å²) in [5.41, 5.74) is 15.6. The lowest BCUT2D eigenvalue weighted by Gasteiger charge is -2.38. The second-order valence-corrected chi connectivity index (χ2v) is 33.8. The fourth-order valence-corrected chi connectivity index (χ4v) is 14.6. The molecule has 3 aliphatic heterocycles. The number of ether oxygens (including phenoxy) is 1. The highest BCUT2D eigenvalue weighted by molar-refractivity contribution is 9.10. The minimum Gasteiger partial charge on any atom is -0.481 e. The molecule has 3 fully saturated rings. The van der Waals surface area contributed by atoms with Gasteiger partial charge in [-0.2, -0.15) is 8.42 Å². The molecule has 3 saturated heterocycles. The maximum absolute atomic E-state index is 15.4. The summed E-state index contributed by atoms with van der Waals surface area (Å²) >= 11 is 3.33. The van der Waals surface area contributed by atoms with Crippen LogP contribution in [-0.4, -0.2) is 261 Å². The Kier molecular flexibility index (Phi) is 33.9. The van der Waals surface area contributed by atoms with Crippen LogP contribution in [0.25, 0.3) is 10.9 Å². The second-order valence-electron chi connectivity index (χ2n) is 31.4. The number of carboxylic acids is 1. The Balaban J connectivity index is 1.36. The van der Waals surface area contributed by atoms with E-state index in [4.69, 9.17) is 21.9 Å². The van der Waals surface area contributed by atoms with Crippen molar-refractivity contribution in [2.24, 2.45) is 38.9 Å². The lowest BCUT2D eigenvalue weighted by Crippen LogP contribution is -2.64. The number of carbonyl (C=O) groups is 16. The van der Waals surface area contributed by atoms with E-state index in [-0.39, 0.29) is 76.6 Å². The van der Waals surface area contributed by atoms with Crippen molar-refractivity contribution in [1.29, 1.82) is 0 Å². The average Bonchev–Trinajstić information content (AvgIpc) is 1.80. The number of nitrogens with one attached hydrogen (secondary N) is 11. The largest absolute Gasteiger partial charge is 0.481 e. The number of para-hydroxylation sites is 1. The van der Waals surface area contributed by atoms with E-state index in [0.29, 0.717) is 25.8 Å². The van der Waals surface area contributed by atoms with Crippen molar-refractivity contribution in [2.75, 3.05) is 32.4 Å². The Morgan fingerprint density at radius 3 is 2.00 bits per heavy atom. The van der Waals surface area contributed by atoms with Crippen molar-refractivity contribution >= 4 is 138 Å². The number of cyclic esters (lactones) is 1. The minimum absolute atomic E-state index is 0.0131. The van der Waals surface area contributed by atoms with Gasteiger partial charge in [-0.05, 0) is 111 Å². The third-order valence-corrected chi connectivity index (χ3v) is 22.1. The molecular formula is C75H109BrN18O22S. The molecular weight excluding hydrogens is 1620 g/mol. The van der Waals surface area contributed by atoms with Gasteiger partial charge >= 0.3 is 11.9 Å². The number of rotatable bonds is 35. The van der Waals surface area contributed by atoms with Crippen molar-refractivity contribution < 1.29 is 105 Å². The van der Waals surface area contributed by atoms with Gasteiger partial charge in [-0.1, -0.05) is 102 Å². The SMILES string of the molecule is CCC(C)(C)C(NC(=O)C(NC(=O)C1CCCN1C(=O)C(NC(=O)C(C)NC=O)C(O)c1ccc(Br)cc1)C(C)(C)C)C(=O)NC(Cc1c[nH]c2ccccc12)C(=O)NC(CCCN=C(N)N)C(=O)NC(CS(=O)(=O)O)C(=O)NC1C(=O)N(C)C(CCC(N)=O)C(=O)NC(C(C)C)C(=O)N2CCCC2C(=O)NC(CC(=O)O)C(=O)OC1C. The topological polar surface area (TPSA) is 613 Å². The van der Waals surface area contributed by atoms with Gasteiger partial charge in [-0.15, -0.1) is 0 Å². The fourth-order valence-electron chi connectivity index (χ4n) is 13.7. The molecule has 42 heteroatoms. The van der Waals surface area contributed by atoms with Crippen LogP contribution in [0.2, 0.25) is 0 Å². The zero-order valence-electron chi connectivity index (χ0n) is 67.0. The number of benzene rings is 2. The maximum Gasteiger partial charge on any atom is 0.329 e. The molecule has 117 heavy (non-hydrogen) atoms. The number of esters is 1. The number of aromatic nitrogens is 1. The van der Waals surface area contributed by atoms with E-state index in [9.17, 15) is 75.9 Å². The molecule has 0 radical (unpaired) electrons. The lowest BCUT2D eigenvalue weighted by molar-refractivity contribution is -0.161. The molecule has 0 saturated carbocycles. The van der Waals surface area contributed by atoms with Gasteiger partial charge in [0.2, 0.25) is 83.2 Å². The highest BCUT2D eigenvalue weighted by Gasteiger charge is 2.48. The number of nitrogens with two attached hydrogens (primary N) is 3. The maximum atomic E-state index is 15.4. The lowest BCUT2D eigenvalue weighted by atomic mass is 9.80. The van der Waals surface area contributed by atoms with Gasteiger partial charge in [0.15, 0.2) is 5.96 Å². The number of primary amides is 1. The first-order valence-corrected chi connectivity index (χ1v) is 40.6. The summed E-state index contributed by atoms with van der Waals surface area (Å²) in [6, 6.07) is -9.16. The molecule has 0 spiro atoms. The second kappa shape index (κ2) is 41.8. The molecule has 14 amide bonds. The molecule has 3 aliphatic rings. The first kappa shape index (κ1) is 95.0. The van der Waals surface area contributed by atoms with E-state index in [2.05, 4.69) is 79.1 Å². The van der Waals surface area contributed by atoms with E-state index in [1.54, 1.807) is 98.0 Å². The van der Waals surface area contributed by atoms with Crippen molar-refractivity contribution in [2.45, 2.75) is 231 Å². The van der Waals surface area contributed by atoms with Crippen molar-refractivity contribution in [3.8, 4) is 0 Å². The molecule has 6 rings (SSSR count). The summed E-state index contributed by atoms with van der Waals surface area (Å²) in [4.78, 5) is 237. The first-order chi connectivity index (χ1) is 54.7. The van der Waals surface area contributed by atoms with Gasteiger partial charge in [-0.25, -0.2) is 4.79 Å². The summed E-state index contributed by atoms with van der Waals surface area (Å²) in [7, 11) is -4.41. The average molecular weight is 1730 g/mol. The number of aliphatic carboxylic acids is 1. The normalized spacial score (nSPS) is 21.2. The number of aromatic amines is 1. The number of carbonyl (C=O) groups excluding carboxylic acids is 15. The summed E-state index contributed by atoms with van der Waals surface area (Å²) in [5.74, 6) is -19.8. The Morgan fingerprint density at radius 2 is 1.39 bits per heavy atom. The number of guanidine groups is 1. The highest BCUT2D eigenvalue weighted by atomic mass is 79.9. The predicted octanol–water partition coefficient (Wildman–Crippen LogP) is -2.72. The number of likely N-dealkylation sites (N-methyl/N-ethyl adjacent to an activating group) is 1. The van der Waals surface area contributed by atoms with Gasteiger partial charge < -0.3 is 105 Å². The third kappa shape index (κ3) is 26.3. The minimum atomic E-state index is -5.42. The van der Waals surface area contributed by atoms with Crippen LogP contribution >= 0.6 is 15.9 Å². The van der Waals surface area contributed by atoms with Crippen LogP contribution in [0, 0.1) is 16.7 Å². The van der Waals surface area contributed by atoms with Gasteiger partial charge in [0.25, 0.3) is 10.1 Å². The van der Waals surface area contributed by atoms with Crippen LogP contribution in [0.1, 0.15) is 151 Å². The third-order valence-electron chi connectivity index (χ3n) is 20.8. The number of aliphatic imine (C=N–C) groups is 1. The zero-order valence-corrected chi connectivity index (χ0v) is 69.4. The summed E-state index contributed by atoms with van der Waals surface area (Å²) in [6.07, 6.45) is -4.41. The molecule has 4 heterocycles. The Bertz CT molecular complexity index is 4320. The van der Waals surface area contributed by atoms with Crippen molar-refractivity contribution in [3.63, 3.8) is 0 Å². The van der Waals surface area contributed by atoms with Crippen LogP contribution in [0.15, 0.2) is 64.2 Å². The number of hydrogen-bond donors (Lipinski definition) is 17. The number of aliphatic hydroxyl groups is 1.